The van der Waals surface area contributed by atoms with Gasteiger partial charge in [0.25, 0.3) is 0 Å². The van der Waals surface area contributed by atoms with E-state index >= 15 is 0 Å². The van der Waals surface area contributed by atoms with Crippen LogP contribution in [0.5, 0.6) is 0 Å². The van der Waals surface area contributed by atoms with Gasteiger partial charge in [0.1, 0.15) is 0 Å². The topological polar surface area (TPSA) is 29.3 Å². The molecule has 0 aliphatic heterocycles. The van der Waals surface area contributed by atoms with E-state index in [2.05, 4.69) is 25.8 Å². The molecule has 0 aromatic carbocycles. The van der Waals surface area contributed by atoms with E-state index in [1.165, 1.54) is 32.1 Å². The van der Waals surface area contributed by atoms with Crippen molar-refractivity contribution in [2.45, 2.75) is 58.0 Å². The number of hydrogen-bond acceptors (Lipinski definition) is 2. The third-order valence-corrected chi connectivity index (χ3v) is 4.45. The maximum Gasteiger partial charge on any atom is 0.0246 e. The van der Waals surface area contributed by atoms with Crippen LogP contribution in [0.25, 0.3) is 0 Å². The molecule has 0 aromatic heterocycles. The van der Waals surface area contributed by atoms with Gasteiger partial charge in [-0.1, -0.05) is 13.8 Å². The van der Waals surface area contributed by atoms with E-state index in [0.717, 1.165) is 18.5 Å². The lowest BCUT2D eigenvalue weighted by Crippen LogP contribution is -2.45. The molecule has 0 aromatic rings. The molecule has 0 saturated heterocycles. The van der Waals surface area contributed by atoms with Crippen LogP contribution >= 0.6 is 0 Å². The first kappa shape index (κ1) is 11.4. The van der Waals surface area contributed by atoms with Gasteiger partial charge in [0.15, 0.2) is 0 Å². The van der Waals surface area contributed by atoms with E-state index in [1.54, 1.807) is 0 Å². The first-order valence-corrected chi connectivity index (χ1v) is 6.45. The summed E-state index contributed by atoms with van der Waals surface area (Å²) in [5.41, 5.74) is 6.47. The van der Waals surface area contributed by atoms with Crippen LogP contribution < -0.4 is 5.73 Å². The van der Waals surface area contributed by atoms with Crippen LogP contribution in [-0.2, 0) is 0 Å². The fraction of sp³-hybridized carbons (Fsp3) is 1.00. The summed E-state index contributed by atoms with van der Waals surface area (Å²) < 4.78 is 0. The third kappa shape index (κ3) is 2.54. The highest BCUT2D eigenvalue weighted by molar-refractivity contribution is 4.94. The Labute approximate surface area is 94.2 Å². The van der Waals surface area contributed by atoms with Crippen molar-refractivity contribution in [3.63, 3.8) is 0 Å². The summed E-state index contributed by atoms with van der Waals surface area (Å²) in [6, 6.07) is 1.44. The van der Waals surface area contributed by atoms with Crippen LogP contribution in [0, 0.1) is 11.3 Å². The molecule has 2 fully saturated rings. The van der Waals surface area contributed by atoms with Crippen molar-refractivity contribution in [2.75, 3.05) is 13.6 Å². The largest absolute Gasteiger partial charge is 0.329 e. The van der Waals surface area contributed by atoms with Gasteiger partial charge >= 0.3 is 0 Å². The van der Waals surface area contributed by atoms with E-state index in [-0.39, 0.29) is 0 Å². The predicted molar refractivity (Wildman–Crippen MR) is 64.7 cm³/mol. The van der Waals surface area contributed by atoms with Crippen molar-refractivity contribution in [3.8, 4) is 0 Å². The molecule has 0 heterocycles. The van der Waals surface area contributed by atoms with Crippen molar-refractivity contribution in [1.82, 2.24) is 4.90 Å². The smallest absolute Gasteiger partial charge is 0.0246 e. The molecule has 88 valence electrons. The molecule has 15 heavy (non-hydrogen) atoms. The SMILES string of the molecule is CN(C1CCC(C)(C)C1)C(CN)C1CC1. The lowest BCUT2D eigenvalue weighted by atomic mass is 9.91. The van der Waals surface area contributed by atoms with Crippen molar-refractivity contribution in [1.29, 1.82) is 0 Å². The Morgan fingerprint density at radius 2 is 2.00 bits per heavy atom. The summed E-state index contributed by atoms with van der Waals surface area (Å²) in [7, 11) is 2.29. The molecule has 0 amide bonds. The molecule has 0 spiro atoms. The van der Waals surface area contributed by atoms with Crippen LogP contribution in [0.4, 0.5) is 0 Å². The minimum atomic E-state index is 0.557. The summed E-state index contributed by atoms with van der Waals surface area (Å²) in [5.74, 6) is 0.906. The van der Waals surface area contributed by atoms with Gasteiger partial charge in [-0.3, -0.25) is 4.90 Å². The Bertz CT molecular complexity index is 221. The van der Waals surface area contributed by atoms with Crippen LogP contribution in [-0.4, -0.2) is 30.6 Å². The number of nitrogens with two attached hydrogens (primary N) is 1. The second kappa shape index (κ2) is 4.06. The van der Waals surface area contributed by atoms with Gasteiger partial charge in [0.05, 0.1) is 0 Å². The predicted octanol–water partition coefficient (Wildman–Crippen LogP) is 2.23. The zero-order chi connectivity index (χ0) is 11.1. The highest BCUT2D eigenvalue weighted by atomic mass is 15.2. The molecular formula is C13H26N2. The normalized spacial score (nSPS) is 32.2. The van der Waals surface area contributed by atoms with Gasteiger partial charge in [0, 0.05) is 18.6 Å². The monoisotopic (exact) mass is 210 g/mol. The summed E-state index contributed by atoms with van der Waals surface area (Å²) in [6.07, 6.45) is 6.91. The molecule has 2 rings (SSSR count). The maximum atomic E-state index is 5.91. The number of rotatable bonds is 4. The first-order chi connectivity index (χ1) is 7.03. The van der Waals surface area contributed by atoms with Gasteiger partial charge in [-0.25, -0.2) is 0 Å². The average molecular weight is 210 g/mol. The van der Waals surface area contributed by atoms with E-state index in [0.29, 0.717) is 11.5 Å². The molecule has 2 atom stereocenters. The highest BCUT2D eigenvalue weighted by Gasteiger charge is 2.39. The second-order valence-corrected chi connectivity index (χ2v) is 6.37. The Kier molecular flexibility index (Phi) is 3.09. The molecule has 2 aliphatic rings. The molecule has 0 bridgehead atoms. The van der Waals surface area contributed by atoms with Crippen LogP contribution in [0.1, 0.15) is 46.0 Å². The van der Waals surface area contributed by atoms with Crippen molar-refractivity contribution < 1.29 is 0 Å². The number of nitrogens with zero attached hydrogens (tertiary/aromatic N) is 1. The van der Waals surface area contributed by atoms with Gasteiger partial charge < -0.3 is 5.73 Å². The van der Waals surface area contributed by atoms with Crippen molar-refractivity contribution in [2.24, 2.45) is 17.1 Å². The minimum absolute atomic E-state index is 0.557. The second-order valence-electron chi connectivity index (χ2n) is 6.37. The Hall–Kier alpha value is -0.0800. The summed E-state index contributed by atoms with van der Waals surface area (Å²) in [4.78, 5) is 2.59. The zero-order valence-corrected chi connectivity index (χ0v) is 10.5. The van der Waals surface area contributed by atoms with Gasteiger partial charge in [-0.05, 0) is 50.5 Å². The Morgan fingerprint density at radius 3 is 2.40 bits per heavy atom. The summed E-state index contributed by atoms with van der Waals surface area (Å²) in [5, 5.41) is 0. The molecule has 2 heteroatoms. The fourth-order valence-corrected chi connectivity index (χ4v) is 3.19. The Morgan fingerprint density at radius 1 is 1.33 bits per heavy atom. The standard InChI is InChI=1S/C13H26N2/c1-13(2)7-6-11(8-13)15(3)12(9-14)10-4-5-10/h10-12H,4-9,14H2,1-3H3. The third-order valence-electron chi connectivity index (χ3n) is 4.45. The van der Waals surface area contributed by atoms with E-state index in [9.17, 15) is 0 Å². The molecule has 0 radical (unpaired) electrons. The minimum Gasteiger partial charge on any atom is -0.329 e. The van der Waals surface area contributed by atoms with Gasteiger partial charge in [0.2, 0.25) is 0 Å². The lowest BCUT2D eigenvalue weighted by Gasteiger charge is -2.33. The fourth-order valence-electron chi connectivity index (χ4n) is 3.19. The molecule has 2 unspecified atom stereocenters. The average Bonchev–Trinajstić information content (AvgIpc) is 2.92. The maximum absolute atomic E-state index is 5.91. The first-order valence-electron chi connectivity index (χ1n) is 6.45. The molecule has 2 saturated carbocycles. The van der Waals surface area contributed by atoms with Crippen molar-refractivity contribution in [3.05, 3.63) is 0 Å². The highest BCUT2D eigenvalue weighted by Crippen LogP contribution is 2.42. The number of hydrogen-bond donors (Lipinski definition) is 1. The summed E-state index contributed by atoms with van der Waals surface area (Å²) in [6.45, 7) is 5.64. The quantitative estimate of drug-likeness (QED) is 0.771. The van der Waals surface area contributed by atoms with Gasteiger partial charge in [-0.2, -0.15) is 0 Å². The Balaban J connectivity index is 1.92. The van der Waals surface area contributed by atoms with E-state index < -0.39 is 0 Å². The molecule has 2 N–H and O–H groups in total. The van der Waals surface area contributed by atoms with E-state index in [1.807, 2.05) is 0 Å². The van der Waals surface area contributed by atoms with Gasteiger partial charge in [-0.15, -0.1) is 0 Å². The summed E-state index contributed by atoms with van der Waals surface area (Å²) >= 11 is 0. The van der Waals surface area contributed by atoms with Crippen molar-refractivity contribution >= 4 is 0 Å². The zero-order valence-electron chi connectivity index (χ0n) is 10.5. The lowest BCUT2D eigenvalue weighted by molar-refractivity contribution is 0.152. The van der Waals surface area contributed by atoms with Crippen LogP contribution in [0.15, 0.2) is 0 Å². The van der Waals surface area contributed by atoms with Crippen LogP contribution in [0.2, 0.25) is 0 Å². The molecule has 2 aliphatic carbocycles. The number of likely N-dealkylation sites (N-methyl/N-ethyl adjacent to an activating group) is 1. The molecule has 2 nitrogen and oxygen atoms in total. The van der Waals surface area contributed by atoms with Crippen LogP contribution in [0.3, 0.4) is 0 Å². The molecular weight excluding hydrogens is 184 g/mol. The van der Waals surface area contributed by atoms with E-state index in [4.69, 9.17) is 5.73 Å².